The molecular weight excluding hydrogens is 251 g/mol. The lowest BCUT2D eigenvalue weighted by Crippen LogP contribution is -2.26. The summed E-state index contributed by atoms with van der Waals surface area (Å²) in [6.07, 6.45) is 1.66. The minimum atomic E-state index is -0.187. The fraction of sp³-hybridized carbons (Fsp3) is 0.444. The van der Waals surface area contributed by atoms with Crippen LogP contribution in [0.5, 0.6) is 0 Å². The Morgan fingerprint density at radius 3 is 2.88 bits per heavy atom. The topological polar surface area (TPSA) is 58.1 Å². The highest BCUT2D eigenvalue weighted by Gasteiger charge is 2.32. The lowest BCUT2D eigenvalue weighted by Gasteiger charge is -2.19. The summed E-state index contributed by atoms with van der Waals surface area (Å²) in [5.41, 5.74) is 0.500. The molecule has 1 aliphatic rings. The van der Waals surface area contributed by atoms with Crippen molar-refractivity contribution in [1.82, 2.24) is 9.97 Å². The summed E-state index contributed by atoms with van der Waals surface area (Å²) in [6.45, 7) is 0.433. The van der Waals surface area contributed by atoms with E-state index in [1.165, 1.54) is 11.2 Å². The molecule has 1 aromatic rings. The Bertz CT molecular complexity index is 426. The van der Waals surface area contributed by atoms with Crippen LogP contribution in [-0.4, -0.2) is 34.8 Å². The first-order valence-corrected chi connectivity index (χ1v) is 5.57. The maximum Gasteiger partial charge on any atom is 0.228 e. The number of aromatic nitrogens is 2. The van der Waals surface area contributed by atoms with Crippen LogP contribution in [0.1, 0.15) is 6.42 Å². The highest BCUT2D eigenvalue weighted by Crippen LogP contribution is 2.34. The van der Waals surface area contributed by atoms with E-state index in [1.807, 2.05) is 0 Å². The molecule has 0 aromatic carbocycles. The Morgan fingerprint density at radius 1 is 1.56 bits per heavy atom. The van der Waals surface area contributed by atoms with Gasteiger partial charge in [-0.05, 0) is 0 Å². The van der Waals surface area contributed by atoms with E-state index in [-0.39, 0.29) is 16.4 Å². The van der Waals surface area contributed by atoms with Crippen molar-refractivity contribution in [3.8, 4) is 0 Å². The summed E-state index contributed by atoms with van der Waals surface area (Å²) >= 11 is 11.9. The predicted octanol–water partition coefficient (Wildman–Crippen LogP) is 1.52. The summed E-state index contributed by atoms with van der Waals surface area (Å²) < 4.78 is 0. The van der Waals surface area contributed by atoms with Gasteiger partial charge >= 0.3 is 0 Å². The summed E-state index contributed by atoms with van der Waals surface area (Å²) in [5, 5.41) is 2.94. The third kappa shape index (κ3) is 1.92. The molecule has 5 nitrogen and oxygen atoms in total. The average molecular weight is 261 g/mol. The Balaban J connectivity index is 2.43. The smallest absolute Gasteiger partial charge is 0.228 e. The molecule has 0 bridgehead atoms. The zero-order chi connectivity index (χ0) is 11.7. The maximum atomic E-state index is 11.7. The molecule has 86 valence electrons. The van der Waals surface area contributed by atoms with E-state index in [0.717, 1.165) is 0 Å². The molecule has 16 heavy (non-hydrogen) atoms. The van der Waals surface area contributed by atoms with Crippen molar-refractivity contribution >= 4 is 40.6 Å². The number of halogens is 2. The van der Waals surface area contributed by atoms with Crippen LogP contribution in [0.15, 0.2) is 6.33 Å². The van der Waals surface area contributed by atoms with Crippen molar-refractivity contribution in [3.05, 3.63) is 11.5 Å². The Kier molecular flexibility index (Phi) is 3.16. The molecule has 1 fully saturated rings. The molecule has 0 saturated carbocycles. The van der Waals surface area contributed by atoms with Crippen LogP contribution in [-0.2, 0) is 4.79 Å². The van der Waals surface area contributed by atoms with Crippen LogP contribution in [0, 0.1) is 0 Å². The SMILES string of the molecule is CNc1ncnc(Cl)c1N1CC(Cl)CC1=O. The number of alkyl halides is 1. The second-order valence-corrected chi connectivity index (χ2v) is 4.39. The molecule has 0 radical (unpaired) electrons. The summed E-state index contributed by atoms with van der Waals surface area (Å²) in [4.78, 5) is 21.1. The number of amides is 1. The second kappa shape index (κ2) is 4.43. The number of hydrogen-bond donors (Lipinski definition) is 1. The van der Waals surface area contributed by atoms with Crippen LogP contribution in [0.2, 0.25) is 5.15 Å². The summed E-state index contributed by atoms with van der Waals surface area (Å²) in [6, 6.07) is 0. The fourth-order valence-corrected chi connectivity index (χ4v) is 2.16. The normalized spacial score (nSPS) is 20.3. The van der Waals surface area contributed by atoms with Crippen LogP contribution in [0.3, 0.4) is 0 Å². The minimum absolute atomic E-state index is 0.0619. The summed E-state index contributed by atoms with van der Waals surface area (Å²) in [5.74, 6) is 0.465. The molecule has 1 unspecified atom stereocenters. The van der Waals surface area contributed by atoms with Crippen molar-refractivity contribution in [1.29, 1.82) is 0 Å². The van der Waals surface area contributed by atoms with Gasteiger partial charge in [-0.2, -0.15) is 0 Å². The lowest BCUT2D eigenvalue weighted by atomic mass is 10.4. The number of rotatable bonds is 2. The van der Waals surface area contributed by atoms with Crippen LogP contribution < -0.4 is 10.2 Å². The van der Waals surface area contributed by atoms with E-state index in [1.54, 1.807) is 7.05 Å². The van der Waals surface area contributed by atoms with E-state index in [2.05, 4.69) is 15.3 Å². The molecule has 7 heteroatoms. The van der Waals surface area contributed by atoms with Crippen molar-refractivity contribution in [2.24, 2.45) is 0 Å². The number of carbonyl (C=O) groups is 1. The van der Waals surface area contributed by atoms with Crippen molar-refractivity contribution in [2.75, 3.05) is 23.8 Å². The number of hydrogen-bond acceptors (Lipinski definition) is 4. The number of carbonyl (C=O) groups excluding carboxylic acids is 1. The third-order valence-corrected chi connectivity index (χ3v) is 2.93. The predicted molar refractivity (Wildman–Crippen MR) is 63.2 cm³/mol. The van der Waals surface area contributed by atoms with Crippen LogP contribution >= 0.6 is 23.2 Å². The van der Waals surface area contributed by atoms with Gasteiger partial charge in [-0.1, -0.05) is 11.6 Å². The Morgan fingerprint density at radius 2 is 2.31 bits per heavy atom. The highest BCUT2D eigenvalue weighted by molar-refractivity contribution is 6.33. The molecular formula is C9H10Cl2N4O. The van der Waals surface area contributed by atoms with Gasteiger partial charge in [0.15, 0.2) is 11.0 Å². The first-order chi connectivity index (χ1) is 7.63. The van der Waals surface area contributed by atoms with E-state index in [4.69, 9.17) is 23.2 Å². The quantitative estimate of drug-likeness (QED) is 0.647. The number of nitrogens with zero attached hydrogens (tertiary/aromatic N) is 3. The molecule has 0 aliphatic carbocycles. The number of nitrogens with one attached hydrogen (secondary N) is 1. The molecule has 1 saturated heterocycles. The maximum absolute atomic E-state index is 11.7. The largest absolute Gasteiger partial charge is 0.371 e. The van der Waals surface area contributed by atoms with Gasteiger partial charge in [-0.3, -0.25) is 4.79 Å². The summed E-state index contributed by atoms with van der Waals surface area (Å²) in [7, 11) is 1.71. The first-order valence-electron chi connectivity index (χ1n) is 4.76. The molecule has 1 aromatic heterocycles. The minimum Gasteiger partial charge on any atom is -0.371 e. The van der Waals surface area contributed by atoms with E-state index in [0.29, 0.717) is 24.5 Å². The van der Waals surface area contributed by atoms with E-state index >= 15 is 0 Å². The zero-order valence-corrected chi connectivity index (χ0v) is 10.1. The van der Waals surface area contributed by atoms with Crippen LogP contribution in [0.25, 0.3) is 0 Å². The molecule has 1 N–H and O–H groups in total. The van der Waals surface area contributed by atoms with Crippen LogP contribution in [0.4, 0.5) is 11.5 Å². The van der Waals surface area contributed by atoms with Gasteiger partial charge in [0.25, 0.3) is 0 Å². The van der Waals surface area contributed by atoms with Gasteiger partial charge in [-0.15, -0.1) is 11.6 Å². The highest BCUT2D eigenvalue weighted by atomic mass is 35.5. The molecule has 1 aliphatic heterocycles. The van der Waals surface area contributed by atoms with Crippen molar-refractivity contribution in [3.63, 3.8) is 0 Å². The Hall–Kier alpha value is -1.07. The molecule has 1 atom stereocenters. The Labute approximate surface area is 103 Å². The third-order valence-electron chi connectivity index (χ3n) is 2.36. The molecule has 2 heterocycles. The second-order valence-electron chi connectivity index (χ2n) is 3.42. The lowest BCUT2D eigenvalue weighted by molar-refractivity contribution is -0.117. The number of anilines is 2. The van der Waals surface area contributed by atoms with Gasteiger partial charge in [0.05, 0.1) is 5.38 Å². The van der Waals surface area contributed by atoms with E-state index < -0.39 is 0 Å². The van der Waals surface area contributed by atoms with Gasteiger partial charge in [-0.25, -0.2) is 9.97 Å². The van der Waals surface area contributed by atoms with Gasteiger partial charge in [0.2, 0.25) is 5.91 Å². The molecule has 1 amide bonds. The van der Waals surface area contributed by atoms with Crippen molar-refractivity contribution < 1.29 is 4.79 Å². The van der Waals surface area contributed by atoms with Gasteiger partial charge < -0.3 is 10.2 Å². The van der Waals surface area contributed by atoms with Gasteiger partial charge in [0, 0.05) is 20.0 Å². The van der Waals surface area contributed by atoms with Crippen molar-refractivity contribution in [2.45, 2.75) is 11.8 Å². The molecule has 0 spiro atoms. The monoisotopic (exact) mass is 260 g/mol. The van der Waals surface area contributed by atoms with Gasteiger partial charge in [0.1, 0.15) is 12.0 Å². The van der Waals surface area contributed by atoms with E-state index in [9.17, 15) is 4.79 Å². The first kappa shape index (κ1) is 11.4. The standard InChI is InChI=1S/C9H10Cl2N4O/c1-12-9-7(8(11)13-4-14-9)15-3-5(10)2-6(15)16/h4-5H,2-3H2,1H3,(H,12,13,14). The average Bonchev–Trinajstić information content (AvgIpc) is 2.57. The molecule has 2 rings (SSSR count). The fourth-order valence-electron chi connectivity index (χ4n) is 1.66. The zero-order valence-electron chi connectivity index (χ0n) is 8.57.